The Morgan fingerprint density at radius 3 is 2.50 bits per heavy atom. The quantitative estimate of drug-likeness (QED) is 0.666. The zero-order chi connectivity index (χ0) is 13.0. The van der Waals surface area contributed by atoms with Crippen LogP contribution in [0.25, 0.3) is 16.9 Å². The number of nitrogens with two attached hydrogens (primary N) is 1. The third kappa shape index (κ3) is 2.18. The van der Waals surface area contributed by atoms with Gasteiger partial charge in [0.05, 0.1) is 5.52 Å². The van der Waals surface area contributed by atoms with Crippen LogP contribution in [-0.2, 0) is 0 Å². The van der Waals surface area contributed by atoms with E-state index < -0.39 is 0 Å². The molecular weight excluding hydrogens is 224 g/mol. The lowest BCUT2D eigenvalue weighted by Gasteiger charge is -2.03. The first kappa shape index (κ1) is 12.1. The highest BCUT2D eigenvalue weighted by Crippen LogP contribution is 2.17. The van der Waals surface area contributed by atoms with Crippen molar-refractivity contribution < 1.29 is 1.43 Å². The lowest BCUT2D eigenvalue weighted by molar-refractivity contribution is 1.09. The van der Waals surface area contributed by atoms with Crippen LogP contribution in [0.15, 0.2) is 48.9 Å². The maximum Gasteiger partial charge on any atom is 0.177 e. The third-order valence-electron chi connectivity index (χ3n) is 2.49. The van der Waals surface area contributed by atoms with Crippen molar-refractivity contribution in [2.24, 2.45) is 0 Å². The highest BCUT2D eigenvalue weighted by Gasteiger charge is 2.03. The van der Waals surface area contributed by atoms with Gasteiger partial charge in [0.1, 0.15) is 6.33 Å². The minimum atomic E-state index is 0. The molecule has 3 rings (SSSR count). The summed E-state index contributed by atoms with van der Waals surface area (Å²) in [6, 6.07) is 11.6. The predicted octanol–water partition coefficient (Wildman–Crippen LogP) is 3.27. The molecule has 0 atom stereocenters. The van der Waals surface area contributed by atoms with Gasteiger partial charge in [-0.25, -0.2) is 9.97 Å². The van der Waals surface area contributed by atoms with E-state index in [0.717, 1.165) is 22.5 Å². The van der Waals surface area contributed by atoms with Crippen LogP contribution >= 0.6 is 0 Å². The van der Waals surface area contributed by atoms with Crippen molar-refractivity contribution in [3.63, 3.8) is 0 Å². The fraction of sp³-hybridized carbons (Fsp3) is 0.143. The van der Waals surface area contributed by atoms with Gasteiger partial charge < -0.3 is 5.73 Å². The summed E-state index contributed by atoms with van der Waals surface area (Å²) in [5.41, 5.74) is 9.19. The largest absolute Gasteiger partial charge is 0.399 e. The molecular formula is C14H18N4. The number of aromatic nitrogens is 3. The van der Waals surface area contributed by atoms with Crippen LogP contribution in [0.5, 0.6) is 0 Å². The molecule has 18 heavy (non-hydrogen) atoms. The van der Waals surface area contributed by atoms with Gasteiger partial charge in [-0.15, -0.1) is 0 Å². The van der Waals surface area contributed by atoms with Gasteiger partial charge in [-0.3, -0.25) is 4.57 Å². The van der Waals surface area contributed by atoms with Crippen molar-refractivity contribution >= 4 is 16.9 Å². The molecule has 0 aliphatic carbocycles. The molecule has 3 aromatic rings. The number of rotatable bonds is 1. The van der Waals surface area contributed by atoms with E-state index in [0.29, 0.717) is 0 Å². The van der Waals surface area contributed by atoms with E-state index in [-0.39, 0.29) is 1.43 Å². The normalized spacial score (nSPS) is 9.89. The molecule has 2 aromatic heterocycles. The maximum atomic E-state index is 5.66. The molecule has 0 bridgehead atoms. The van der Waals surface area contributed by atoms with Gasteiger partial charge in [0.25, 0.3) is 0 Å². The Morgan fingerprint density at radius 1 is 1.06 bits per heavy atom. The maximum absolute atomic E-state index is 5.66. The average Bonchev–Trinajstić information content (AvgIpc) is 2.86. The molecule has 0 saturated heterocycles. The Hall–Kier alpha value is -2.36. The number of benzene rings is 1. The second-order valence-electron chi connectivity index (χ2n) is 3.55. The van der Waals surface area contributed by atoms with Gasteiger partial charge in [0, 0.05) is 19.0 Å². The number of hydrogen-bond donors (Lipinski definition) is 1. The molecule has 94 valence electrons. The summed E-state index contributed by atoms with van der Waals surface area (Å²) in [4.78, 5) is 8.43. The van der Waals surface area contributed by atoms with Crippen LogP contribution in [0, 0.1) is 0 Å². The molecule has 0 spiro atoms. The van der Waals surface area contributed by atoms with Crippen LogP contribution in [-0.4, -0.2) is 14.5 Å². The fourth-order valence-corrected chi connectivity index (χ4v) is 1.69. The average molecular weight is 242 g/mol. The number of imidazole rings is 1. The summed E-state index contributed by atoms with van der Waals surface area (Å²) in [6.45, 7) is 4.00. The Morgan fingerprint density at radius 2 is 1.78 bits per heavy atom. The van der Waals surface area contributed by atoms with E-state index in [1.54, 1.807) is 12.5 Å². The summed E-state index contributed by atoms with van der Waals surface area (Å²) in [5, 5.41) is 0. The molecule has 0 amide bonds. The van der Waals surface area contributed by atoms with E-state index in [2.05, 4.69) is 9.97 Å². The van der Waals surface area contributed by atoms with Crippen molar-refractivity contribution in [2.45, 2.75) is 13.8 Å². The first-order chi connectivity index (χ1) is 8.84. The Labute approximate surface area is 108 Å². The van der Waals surface area contributed by atoms with Gasteiger partial charge in [-0.2, -0.15) is 0 Å². The zero-order valence-corrected chi connectivity index (χ0v) is 10.5. The smallest absolute Gasteiger partial charge is 0.177 e. The predicted molar refractivity (Wildman–Crippen MR) is 76.7 cm³/mol. The lowest BCUT2D eigenvalue weighted by Crippen LogP contribution is -1.92. The van der Waals surface area contributed by atoms with Gasteiger partial charge in [0.15, 0.2) is 5.65 Å². The van der Waals surface area contributed by atoms with Crippen LogP contribution in [0.2, 0.25) is 0 Å². The number of nitrogens with zero attached hydrogens (tertiary/aromatic N) is 3. The second kappa shape index (κ2) is 5.31. The fourth-order valence-electron chi connectivity index (χ4n) is 1.69. The highest BCUT2D eigenvalue weighted by atomic mass is 15.1. The Bertz CT molecular complexity index is 631. The summed E-state index contributed by atoms with van der Waals surface area (Å²) < 4.78 is 1.99. The number of pyridine rings is 1. The van der Waals surface area contributed by atoms with E-state index >= 15 is 0 Å². The van der Waals surface area contributed by atoms with E-state index in [4.69, 9.17) is 5.73 Å². The summed E-state index contributed by atoms with van der Waals surface area (Å²) >= 11 is 0. The molecule has 0 aliphatic heterocycles. The molecule has 0 fully saturated rings. The van der Waals surface area contributed by atoms with Gasteiger partial charge in [-0.1, -0.05) is 13.8 Å². The van der Waals surface area contributed by atoms with Crippen molar-refractivity contribution in [3.8, 4) is 5.69 Å². The van der Waals surface area contributed by atoms with Gasteiger partial charge in [-0.05, 0) is 36.4 Å². The molecule has 1 aromatic carbocycles. The molecule has 0 radical (unpaired) electrons. The van der Waals surface area contributed by atoms with Crippen LogP contribution in [0.1, 0.15) is 15.3 Å². The van der Waals surface area contributed by atoms with Crippen LogP contribution in [0.3, 0.4) is 0 Å². The molecule has 0 saturated carbocycles. The van der Waals surface area contributed by atoms with Crippen LogP contribution in [0.4, 0.5) is 5.69 Å². The molecule has 0 unspecified atom stereocenters. The molecule has 2 heterocycles. The summed E-state index contributed by atoms with van der Waals surface area (Å²) in [6.07, 6.45) is 3.51. The number of fused-ring (bicyclic) bond motifs is 1. The van der Waals surface area contributed by atoms with E-state index in [1.807, 2.05) is 54.8 Å². The van der Waals surface area contributed by atoms with Crippen LogP contribution < -0.4 is 5.73 Å². The first-order valence-electron chi connectivity index (χ1n) is 5.98. The second-order valence-corrected chi connectivity index (χ2v) is 3.55. The minimum Gasteiger partial charge on any atom is -0.399 e. The number of nitrogen functional groups attached to an aromatic ring is 1. The third-order valence-corrected chi connectivity index (χ3v) is 2.49. The summed E-state index contributed by atoms with van der Waals surface area (Å²) in [7, 11) is 0. The van der Waals surface area contributed by atoms with E-state index in [1.165, 1.54) is 0 Å². The summed E-state index contributed by atoms with van der Waals surface area (Å²) in [5.74, 6) is 0. The molecule has 4 nitrogen and oxygen atoms in total. The molecule has 0 aliphatic rings. The van der Waals surface area contributed by atoms with Crippen molar-refractivity contribution in [3.05, 3.63) is 48.9 Å². The standard InChI is InChI=1S/C12H10N4.C2H6.H2/c13-9-3-5-10(6-4-9)16-8-15-12-11(16)2-1-7-14-12;1-2;/h1-8H,13H2;1-2H3;1H. The lowest BCUT2D eigenvalue weighted by atomic mass is 10.3. The van der Waals surface area contributed by atoms with Crippen molar-refractivity contribution in [1.29, 1.82) is 0 Å². The molecule has 4 heteroatoms. The minimum absolute atomic E-state index is 0. The van der Waals surface area contributed by atoms with E-state index in [9.17, 15) is 0 Å². The SMILES string of the molecule is CC.Nc1ccc(-n2cnc3ncccc32)cc1.[HH]. The monoisotopic (exact) mass is 242 g/mol. The Balaban J connectivity index is 0.000000576. The van der Waals surface area contributed by atoms with Gasteiger partial charge >= 0.3 is 0 Å². The number of anilines is 1. The van der Waals surface area contributed by atoms with Gasteiger partial charge in [0.2, 0.25) is 0 Å². The van der Waals surface area contributed by atoms with Crippen molar-refractivity contribution in [1.82, 2.24) is 14.5 Å². The number of hydrogen-bond acceptors (Lipinski definition) is 3. The highest BCUT2D eigenvalue weighted by molar-refractivity contribution is 5.73. The van der Waals surface area contributed by atoms with Crippen molar-refractivity contribution in [2.75, 3.05) is 5.73 Å². The molecule has 2 N–H and O–H groups in total. The zero-order valence-electron chi connectivity index (χ0n) is 10.5. The topological polar surface area (TPSA) is 56.7 Å². The first-order valence-corrected chi connectivity index (χ1v) is 5.98. The Kier molecular flexibility index (Phi) is 3.57.